The van der Waals surface area contributed by atoms with E-state index in [4.69, 9.17) is 0 Å². The van der Waals surface area contributed by atoms with Gasteiger partial charge in [-0.1, -0.05) is 0 Å². The lowest BCUT2D eigenvalue weighted by Gasteiger charge is -1.98. The molecule has 0 N–H and O–H groups in total. The lowest BCUT2D eigenvalue weighted by molar-refractivity contribution is -0.385. The molecule has 0 fully saturated rings. The molecule has 72 valence electrons. The molecule has 14 heavy (non-hydrogen) atoms. The van der Waals surface area contributed by atoms with Crippen molar-refractivity contribution in [1.82, 2.24) is 0 Å². The van der Waals surface area contributed by atoms with Crippen molar-refractivity contribution in [3.8, 4) is 0 Å². The highest BCUT2D eigenvalue weighted by atomic mass is 16.6. The Hall–Kier alpha value is -2.18. The fraction of sp³-hybridized carbons (Fsp3) is 0.143. The number of aryl methyl sites for hydroxylation is 1. The third-order valence-electron chi connectivity index (χ3n) is 1.69. The molecule has 0 aliphatic carbocycles. The van der Waals surface area contributed by atoms with E-state index in [1.807, 2.05) is 0 Å². The molecule has 1 aromatic carbocycles. The Morgan fingerprint density at radius 1 is 1.21 bits per heavy atom. The van der Waals surface area contributed by atoms with Crippen molar-refractivity contribution in [2.75, 3.05) is 0 Å². The van der Waals surface area contributed by atoms with E-state index in [9.17, 15) is 19.9 Å². The minimum absolute atomic E-state index is 0.192. The van der Waals surface area contributed by atoms with E-state index in [-0.39, 0.29) is 22.6 Å². The molecular formula is C7H5N3O4. The summed E-state index contributed by atoms with van der Waals surface area (Å²) >= 11 is 0. The summed E-state index contributed by atoms with van der Waals surface area (Å²) in [5, 5.41) is 15.5. The van der Waals surface area contributed by atoms with E-state index in [0.717, 1.165) is 12.1 Å². The molecule has 0 saturated heterocycles. The first-order chi connectivity index (χ1) is 6.60. The molecule has 0 aliphatic heterocycles. The highest BCUT2D eigenvalue weighted by Gasteiger charge is 2.16. The van der Waals surface area contributed by atoms with Crippen molar-refractivity contribution in [1.29, 1.82) is 0 Å². The van der Waals surface area contributed by atoms with Crippen molar-refractivity contribution in [3.63, 3.8) is 0 Å². The smallest absolute Gasteiger partial charge is 0.258 e. The molecule has 7 heteroatoms. The van der Waals surface area contributed by atoms with Crippen LogP contribution >= 0.6 is 0 Å². The van der Waals surface area contributed by atoms with Gasteiger partial charge in [0.25, 0.3) is 5.69 Å². The van der Waals surface area contributed by atoms with Gasteiger partial charge < -0.3 is 0 Å². The number of nitro benzene ring substituents is 1. The van der Waals surface area contributed by atoms with Gasteiger partial charge in [0.05, 0.1) is 4.92 Å². The van der Waals surface area contributed by atoms with Crippen molar-refractivity contribution in [2.24, 2.45) is 10.4 Å². The van der Waals surface area contributed by atoms with Crippen molar-refractivity contribution in [2.45, 2.75) is 6.92 Å². The SMILES string of the molecule is Cc1cc(N=O)c(N=O)cc1[N+](=O)[O-]. The largest absolute Gasteiger partial charge is 0.274 e. The maximum Gasteiger partial charge on any atom is 0.274 e. The van der Waals surface area contributed by atoms with Crippen molar-refractivity contribution < 1.29 is 4.92 Å². The van der Waals surface area contributed by atoms with Gasteiger partial charge in [-0.25, -0.2) is 0 Å². The van der Waals surface area contributed by atoms with Crippen LogP contribution in [0.1, 0.15) is 5.56 Å². The molecule has 0 radical (unpaired) electrons. The summed E-state index contributed by atoms with van der Waals surface area (Å²) in [5.41, 5.74) is -0.510. The van der Waals surface area contributed by atoms with Gasteiger partial charge in [0.15, 0.2) is 0 Å². The molecule has 0 saturated carbocycles. The summed E-state index contributed by atoms with van der Waals surface area (Å²) in [6.45, 7) is 1.45. The quantitative estimate of drug-likeness (QED) is 0.420. The number of benzene rings is 1. The normalized spacial score (nSPS) is 9.50. The van der Waals surface area contributed by atoms with Gasteiger partial charge in [-0.15, -0.1) is 9.81 Å². The summed E-state index contributed by atoms with van der Waals surface area (Å²) in [4.78, 5) is 30.2. The van der Waals surface area contributed by atoms with Crippen LogP contribution in [0.3, 0.4) is 0 Å². The molecule has 1 aromatic rings. The van der Waals surface area contributed by atoms with Gasteiger partial charge >= 0.3 is 0 Å². The Morgan fingerprint density at radius 2 is 1.71 bits per heavy atom. The lowest BCUT2D eigenvalue weighted by Crippen LogP contribution is -1.90. The minimum atomic E-state index is -0.654. The van der Waals surface area contributed by atoms with Crippen LogP contribution in [0.5, 0.6) is 0 Å². The van der Waals surface area contributed by atoms with Crippen LogP contribution in [-0.2, 0) is 0 Å². The molecule has 0 aromatic heterocycles. The van der Waals surface area contributed by atoms with Gasteiger partial charge in [-0.2, -0.15) is 0 Å². The minimum Gasteiger partial charge on any atom is -0.258 e. The summed E-state index contributed by atoms with van der Waals surface area (Å²) in [7, 11) is 0. The summed E-state index contributed by atoms with van der Waals surface area (Å²) < 4.78 is 0. The van der Waals surface area contributed by atoms with E-state index in [0.29, 0.717) is 0 Å². The second-order valence-corrected chi connectivity index (χ2v) is 2.57. The van der Waals surface area contributed by atoms with Gasteiger partial charge in [-0.3, -0.25) is 10.1 Å². The fourth-order valence-electron chi connectivity index (χ4n) is 1.01. The zero-order valence-electron chi connectivity index (χ0n) is 7.13. The maximum absolute atomic E-state index is 10.4. The first-order valence-corrected chi connectivity index (χ1v) is 3.56. The summed E-state index contributed by atoms with van der Waals surface area (Å²) in [5.74, 6) is 0. The molecule has 0 unspecified atom stereocenters. The summed E-state index contributed by atoms with van der Waals surface area (Å²) in [6, 6.07) is 2.08. The average molecular weight is 195 g/mol. The molecule has 7 nitrogen and oxygen atoms in total. The number of hydrogen-bond acceptors (Lipinski definition) is 6. The average Bonchev–Trinajstić information content (AvgIpc) is 2.16. The van der Waals surface area contributed by atoms with Crippen molar-refractivity contribution >= 4 is 17.1 Å². The molecule has 0 bridgehead atoms. The Morgan fingerprint density at radius 3 is 2.14 bits per heavy atom. The Kier molecular flexibility index (Phi) is 2.61. The van der Waals surface area contributed by atoms with E-state index in [1.54, 1.807) is 0 Å². The van der Waals surface area contributed by atoms with Gasteiger partial charge in [0.1, 0.15) is 11.4 Å². The highest BCUT2D eigenvalue weighted by Crippen LogP contribution is 2.34. The monoisotopic (exact) mass is 195 g/mol. The Balaban J connectivity index is 3.44. The Labute approximate surface area is 77.8 Å². The fourth-order valence-corrected chi connectivity index (χ4v) is 1.01. The third-order valence-corrected chi connectivity index (χ3v) is 1.69. The molecule has 0 atom stereocenters. The first-order valence-electron chi connectivity index (χ1n) is 3.56. The number of rotatable bonds is 3. The lowest BCUT2D eigenvalue weighted by atomic mass is 10.1. The molecule has 0 aliphatic rings. The topological polar surface area (TPSA) is 102 Å². The molecule has 0 heterocycles. The zero-order valence-corrected chi connectivity index (χ0v) is 7.13. The second kappa shape index (κ2) is 3.69. The number of nitroso groups, excluding NO2 is 2. The number of hydrogen-bond donors (Lipinski definition) is 0. The van der Waals surface area contributed by atoms with Crippen molar-refractivity contribution in [3.05, 3.63) is 37.6 Å². The second-order valence-electron chi connectivity index (χ2n) is 2.57. The highest BCUT2D eigenvalue weighted by molar-refractivity contribution is 5.67. The Bertz CT molecular complexity index is 416. The predicted octanol–water partition coefficient (Wildman–Crippen LogP) is 2.70. The molecule has 0 amide bonds. The van der Waals surface area contributed by atoms with Gasteiger partial charge in [-0.05, 0) is 23.3 Å². The van der Waals surface area contributed by atoms with Crippen LogP contribution in [0.4, 0.5) is 17.1 Å². The van der Waals surface area contributed by atoms with E-state index in [2.05, 4.69) is 10.4 Å². The van der Waals surface area contributed by atoms with Crippen LogP contribution in [0.25, 0.3) is 0 Å². The van der Waals surface area contributed by atoms with Crippen LogP contribution < -0.4 is 0 Å². The van der Waals surface area contributed by atoms with Crippen LogP contribution in [0.15, 0.2) is 22.5 Å². The predicted molar refractivity (Wildman–Crippen MR) is 48.7 cm³/mol. The first kappa shape index (κ1) is 9.90. The van der Waals surface area contributed by atoms with E-state index < -0.39 is 4.92 Å². The molecule has 1 rings (SSSR count). The molecular weight excluding hydrogens is 190 g/mol. The van der Waals surface area contributed by atoms with Crippen LogP contribution in [-0.4, -0.2) is 4.92 Å². The van der Waals surface area contributed by atoms with Gasteiger partial charge in [0.2, 0.25) is 0 Å². The standard InChI is InChI=1S/C7H5N3O4/c1-4-2-5(8-11)6(9-12)3-7(4)10(13)14/h2-3H,1H3. The van der Waals surface area contributed by atoms with Gasteiger partial charge in [0, 0.05) is 11.6 Å². The van der Waals surface area contributed by atoms with Crippen LogP contribution in [0.2, 0.25) is 0 Å². The summed E-state index contributed by atoms with van der Waals surface area (Å²) in [6.07, 6.45) is 0. The molecule has 0 spiro atoms. The van der Waals surface area contributed by atoms with E-state index in [1.165, 1.54) is 6.92 Å². The number of nitrogens with zero attached hydrogens (tertiary/aromatic N) is 3. The van der Waals surface area contributed by atoms with E-state index >= 15 is 0 Å². The third kappa shape index (κ3) is 1.60. The maximum atomic E-state index is 10.4. The zero-order chi connectivity index (χ0) is 10.7. The van der Waals surface area contributed by atoms with Crippen LogP contribution in [0, 0.1) is 26.9 Å². The number of nitro groups is 1.